The molecule has 0 nitrogen and oxygen atoms in total. The van der Waals surface area contributed by atoms with Crippen molar-refractivity contribution in [3.8, 4) is 0 Å². The summed E-state index contributed by atoms with van der Waals surface area (Å²) in [6.45, 7) is 4.60. The molecule has 0 saturated carbocycles. The molecule has 2 rings (SSSR count). The number of benzene rings is 2. The molecule has 1 atom stereocenters. The molecule has 23 heavy (non-hydrogen) atoms. The molecule has 0 aliphatic carbocycles. The van der Waals surface area contributed by atoms with E-state index in [1.54, 1.807) is 5.56 Å². The van der Waals surface area contributed by atoms with Crippen LogP contribution in [0.4, 0.5) is 0 Å². The highest BCUT2D eigenvalue weighted by Gasteiger charge is 2.11. The maximum absolute atomic E-state index is 2.44. The van der Waals surface area contributed by atoms with Crippen LogP contribution in [0, 0.1) is 0 Å². The molecule has 0 aliphatic rings. The maximum atomic E-state index is 2.44. The molecule has 0 heteroatoms. The van der Waals surface area contributed by atoms with Crippen LogP contribution in [0.5, 0.6) is 0 Å². The van der Waals surface area contributed by atoms with Crippen molar-refractivity contribution in [2.24, 2.45) is 0 Å². The Morgan fingerprint density at radius 2 is 1.26 bits per heavy atom. The minimum absolute atomic E-state index is 0.757. The molecule has 0 aliphatic heterocycles. The molecule has 0 N–H and O–H groups in total. The van der Waals surface area contributed by atoms with Gasteiger partial charge >= 0.3 is 0 Å². The van der Waals surface area contributed by atoms with E-state index in [1.165, 1.54) is 75.0 Å². The molecule has 2 aromatic rings. The third kappa shape index (κ3) is 6.01. The normalized spacial score (nSPS) is 12.6. The van der Waals surface area contributed by atoms with Crippen molar-refractivity contribution in [2.45, 2.75) is 84.0 Å². The van der Waals surface area contributed by atoms with E-state index in [2.05, 4.69) is 56.3 Å². The Balaban J connectivity index is 2.00. The molecule has 0 bridgehead atoms. The third-order valence-corrected chi connectivity index (χ3v) is 5.06. The summed E-state index contributed by atoms with van der Waals surface area (Å²) in [5.41, 5.74) is 1.57. The minimum atomic E-state index is 0.757. The van der Waals surface area contributed by atoms with E-state index >= 15 is 0 Å². The Kier molecular flexibility index (Phi) is 8.21. The second kappa shape index (κ2) is 10.5. The van der Waals surface area contributed by atoms with Crippen LogP contribution in [-0.4, -0.2) is 0 Å². The molecule has 0 saturated heterocycles. The molecule has 0 fully saturated rings. The summed E-state index contributed by atoms with van der Waals surface area (Å²) in [7, 11) is 0. The lowest BCUT2D eigenvalue weighted by molar-refractivity contribution is 0.498. The Bertz CT molecular complexity index is 555. The summed E-state index contributed by atoms with van der Waals surface area (Å²) in [4.78, 5) is 0. The topological polar surface area (TPSA) is 0 Å². The van der Waals surface area contributed by atoms with Gasteiger partial charge in [0, 0.05) is 0 Å². The van der Waals surface area contributed by atoms with E-state index in [9.17, 15) is 0 Å². The van der Waals surface area contributed by atoms with Gasteiger partial charge in [-0.2, -0.15) is 0 Å². The van der Waals surface area contributed by atoms with Crippen LogP contribution >= 0.6 is 0 Å². The summed E-state index contributed by atoms with van der Waals surface area (Å²) >= 11 is 0. The van der Waals surface area contributed by atoms with Crippen molar-refractivity contribution >= 4 is 10.8 Å². The van der Waals surface area contributed by atoms with Gasteiger partial charge in [0.25, 0.3) is 0 Å². The summed E-state index contributed by atoms with van der Waals surface area (Å²) in [5.74, 6) is 0.757. The van der Waals surface area contributed by atoms with Crippen LogP contribution < -0.4 is 0 Å². The van der Waals surface area contributed by atoms with Crippen molar-refractivity contribution < 1.29 is 0 Å². The van der Waals surface area contributed by atoms with Gasteiger partial charge in [0.1, 0.15) is 0 Å². The molecule has 0 amide bonds. The second-order valence-corrected chi connectivity index (χ2v) is 7.00. The molecule has 0 heterocycles. The lowest BCUT2D eigenvalue weighted by atomic mass is 9.87. The molecule has 0 spiro atoms. The number of hydrogen-bond donors (Lipinski definition) is 0. The van der Waals surface area contributed by atoms with E-state index in [4.69, 9.17) is 0 Å². The summed E-state index contributed by atoms with van der Waals surface area (Å²) in [6, 6.07) is 15.9. The zero-order valence-electron chi connectivity index (χ0n) is 15.2. The first-order valence-electron chi connectivity index (χ1n) is 9.83. The van der Waals surface area contributed by atoms with Crippen LogP contribution in [-0.2, 0) is 0 Å². The zero-order valence-corrected chi connectivity index (χ0v) is 15.2. The summed E-state index contributed by atoms with van der Waals surface area (Å²) in [6.07, 6.45) is 13.8. The smallest absolute Gasteiger partial charge is 0.0162 e. The van der Waals surface area contributed by atoms with Gasteiger partial charge < -0.3 is 0 Å². The lowest BCUT2D eigenvalue weighted by Gasteiger charge is -2.18. The predicted molar refractivity (Wildman–Crippen MR) is 104 cm³/mol. The quantitative estimate of drug-likeness (QED) is 0.370. The molecule has 0 aromatic heterocycles. The number of unbranched alkanes of at least 4 members (excludes halogenated alkanes) is 6. The Morgan fingerprint density at radius 1 is 0.652 bits per heavy atom. The van der Waals surface area contributed by atoms with Crippen LogP contribution in [0.25, 0.3) is 10.8 Å². The fraction of sp³-hybridized carbons (Fsp3) is 0.565. The summed E-state index contributed by atoms with van der Waals surface area (Å²) < 4.78 is 0. The highest BCUT2D eigenvalue weighted by atomic mass is 14.2. The van der Waals surface area contributed by atoms with Crippen molar-refractivity contribution in [1.82, 2.24) is 0 Å². The monoisotopic (exact) mass is 310 g/mol. The van der Waals surface area contributed by atoms with Crippen molar-refractivity contribution in [3.05, 3.63) is 48.0 Å². The van der Waals surface area contributed by atoms with Gasteiger partial charge in [-0.05, 0) is 35.1 Å². The van der Waals surface area contributed by atoms with Crippen LogP contribution in [0.15, 0.2) is 42.5 Å². The molecule has 0 radical (unpaired) electrons. The van der Waals surface area contributed by atoms with Crippen molar-refractivity contribution in [2.75, 3.05) is 0 Å². The molecule has 2 aromatic carbocycles. The zero-order chi connectivity index (χ0) is 16.3. The predicted octanol–water partition coefficient (Wildman–Crippen LogP) is 7.86. The van der Waals surface area contributed by atoms with Crippen LogP contribution in [0.3, 0.4) is 0 Å². The van der Waals surface area contributed by atoms with E-state index in [1.807, 2.05) is 0 Å². The van der Waals surface area contributed by atoms with Gasteiger partial charge in [-0.1, -0.05) is 108 Å². The average molecular weight is 311 g/mol. The first-order valence-corrected chi connectivity index (χ1v) is 9.83. The van der Waals surface area contributed by atoms with Crippen LogP contribution in [0.2, 0.25) is 0 Å². The Morgan fingerprint density at radius 3 is 2.00 bits per heavy atom. The first-order chi connectivity index (χ1) is 11.3. The summed E-state index contributed by atoms with van der Waals surface area (Å²) in [5, 5.41) is 2.77. The number of fused-ring (bicyclic) bond motifs is 1. The van der Waals surface area contributed by atoms with E-state index in [-0.39, 0.29) is 0 Å². The Hall–Kier alpha value is -1.30. The standard InChI is InChI=1S/C23H34/c1-3-5-7-8-10-14-20(13-9-6-4-2)23-18-17-21-15-11-12-16-22(21)19-23/h11-12,15-20H,3-10,13-14H2,1-2H3. The molecule has 126 valence electrons. The molecule has 1 unspecified atom stereocenters. The van der Waals surface area contributed by atoms with Gasteiger partial charge in [-0.3, -0.25) is 0 Å². The molecular formula is C23H34. The van der Waals surface area contributed by atoms with Crippen molar-refractivity contribution in [1.29, 1.82) is 0 Å². The van der Waals surface area contributed by atoms with Crippen molar-refractivity contribution in [3.63, 3.8) is 0 Å². The van der Waals surface area contributed by atoms with Gasteiger partial charge in [0.05, 0.1) is 0 Å². The van der Waals surface area contributed by atoms with E-state index < -0.39 is 0 Å². The highest BCUT2D eigenvalue weighted by Crippen LogP contribution is 2.30. The maximum Gasteiger partial charge on any atom is -0.0162 e. The lowest BCUT2D eigenvalue weighted by Crippen LogP contribution is -2.00. The first kappa shape index (κ1) is 18.0. The largest absolute Gasteiger partial charge is 0.0654 e. The van der Waals surface area contributed by atoms with E-state index in [0.29, 0.717) is 0 Å². The molecular weight excluding hydrogens is 276 g/mol. The van der Waals surface area contributed by atoms with Gasteiger partial charge in [0.15, 0.2) is 0 Å². The SMILES string of the molecule is CCCCCCCC(CCCCC)c1ccc2ccccc2c1. The Labute approximate surface area is 143 Å². The van der Waals surface area contributed by atoms with Crippen LogP contribution in [0.1, 0.15) is 89.5 Å². The minimum Gasteiger partial charge on any atom is -0.0654 e. The average Bonchev–Trinajstić information content (AvgIpc) is 2.60. The number of rotatable bonds is 11. The second-order valence-electron chi connectivity index (χ2n) is 7.00. The van der Waals surface area contributed by atoms with Gasteiger partial charge in [0.2, 0.25) is 0 Å². The fourth-order valence-corrected chi connectivity index (χ4v) is 3.57. The fourth-order valence-electron chi connectivity index (χ4n) is 3.57. The van der Waals surface area contributed by atoms with E-state index in [0.717, 1.165) is 5.92 Å². The number of hydrogen-bond acceptors (Lipinski definition) is 0. The third-order valence-electron chi connectivity index (χ3n) is 5.06. The highest BCUT2D eigenvalue weighted by molar-refractivity contribution is 5.83. The van der Waals surface area contributed by atoms with Gasteiger partial charge in [-0.15, -0.1) is 0 Å². The van der Waals surface area contributed by atoms with Gasteiger partial charge in [-0.25, -0.2) is 0 Å².